The first-order valence-corrected chi connectivity index (χ1v) is 7.34. The van der Waals surface area contributed by atoms with Crippen molar-refractivity contribution < 1.29 is 14.0 Å². The number of carbonyl (C=O) groups is 2. The molecule has 1 aromatic rings. The van der Waals surface area contributed by atoms with Gasteiger partial charge in [0.2, 0.25) is 5.91 Å². The van der Waals surface area contributed by atoms with Gasteiger partial charge in [-0.05, 0) is 44.2 Å². The zero-order valence-corrected chi connectivity index (χ0v) is 12.3. The van der Waals surface area contributed by atoms with E-state index in [1.165, 1.54) is 24.3 Å². The fourth-order valence-corrected chi connectivity index (χ4v) is 2.76. The predicted octanol–water partition coefficient (Wildman–Crippen LogP) is 2.00. The third-order valence-corrected chi connectivity index (χ3v) is 3.87. The maximum Gasteiger partial charge on any atom is 0.223 e. The summed E-state index contributed by atoms with van der Waals surface area (Å²) in [4.78, 5) is 26.1. The number of nitrogens with one attached hydrogen (secondary N) is 1. The van der Waals surface area contributed by atoms with Crippen molar-refractivity contribution in [2.24, 2.45) is 0 Å². The summed E-state index contributed by atoms with van der Waals surface area (Å²) in [5, 5.41) is 3.09. The van der Waals surface area contributed by atoms with Crippen molar-refractivity contribution in [1.29, 1.82) is 0 Å². The topological polar surface area (TPSA) is 49.4 Å². The largest absolute Gasteiger partial charge is 0.338 e. The standard InChI is InChI=1S/C16H21FN2O2/c1-18-11-14-3-2-10-19(14)16(21)9-8-15(20)12-4-6-13(17)7-5-12/h4-7,14,18H,2-3,8-11H2,1H3. The van der Waals surface area contributed by atoms with Crippen LogP contribution in [0, 0.1) is 5.82 Å². The molecular formula is C16H21FN2O2. The molecule has 0 aliphatic carbocycles. The van der Waals surface area contributed by atoms with Crippen LogP contribution in [0.5, 0.6) is 0 Å². The first-order chi connectivity index (χ1) is 10.1. The van der Waals surface area contributed by atoms with Gasteiger partial charge in [-0.2, -0.15) is 0 Å². The van der Waals surface area contributed by atoms with Crippen LogP contribution in [0.3, 0.4) is 0 Å². The van der Waals surface area contributed by atoms with Gasteiger partial charge in [0, 0.05) is 37.5 Å². The minimum absolute atomic E-state index is 0.0308. The molecule has 1 fully saturated rings. The molecule has 0 bridgehead atoms. The van der Waals surface area contributed by atoms with Crippen LogP contribution in [0.4, 0.5) is 4.39 Å². The number of carbonyl (C=O) groups excluding carboxylic acids is 2. The van der Waals surface area contributed by atoms with Gasteiger partial charge in [-0.3, -0.25) is 9.59 Å². The second kappa shape index (κ2) is 7.31. The Morgan fingerprint density at radius 1 is 1.29 bits per heavy atom. The molecule has 1 unspecified atom stereocenters. The van der Waals surface area contributed by atoms with Gasteiger partial charge in [0.05, 0.1) is 0 Å². The molecule has 1 aromatic carbocycles. The molecule has 1 N–H and O–H groups in total. The van der Waals surface area contributed by atoms with E-state index in [0.29, 0.717) is 5.56 Å². The summed E-state index contributed by atoms with van der Waals surface area (Å²) in [6, 6.07) is 5.68. The number of ketones is 1. The maximum absolute atomic E-state index is 12.8. The Morgan fingerprint density at radius 3 is 2.67 bits per heavy atom. The van der Waals surface area contributed by atoms with Crippen molar-refractivity contribution in [3.05, 3.63) is 35.6 Å². The number of hydrogen-bond donors (Lipinski definition) is 1. The molecule has 21 heavy (non-hydrogen) atoms. The molecule has 1 saturated heterocycles. The molecule has 1 atom stereocenters. The highest BCUT2D eigenvalue weighted by Crippen LogP contribution is 2.18. The number of hydrogen-bond acceptors (Lipinski definition) is 3. The van der Waals surface area contributed by atoms with Crippen molar-refractivity contribution in [1.82, 2.24) is 10.2 Å². The predicted molar refractivity (Wildman–Crippen MR) is 78.6 cm³/mol. The van der Waals surface area contributed by atoms with E-state index in [1.807, 2.05) is 11.9 Å². The number of nitrogens with zero attached hydrogens (tertiary/aromatic N) is 1. The highest BCUT2D eigenvalue weighted by Gasteiger charge is 2.27. The van der Waals surface area contributed by atoms with Crippen LogP contribution >= 0.6 is 0 Å². The lowest BCUT2D eigenvalue weighted by Crippen LogP contribution is -2.40. The lowest BCUT2D eigenvalue weighted by molar-refractivity contribution is -0.131. The second-order valence-electron chi connectivity index (χ2n) is 5.37. The Morgan fingerprint density at radius 2 is 2.00 bits per heavy atom. The van der Waals surface area contributed by atoms with Crippen molar-refractivity contribution in [3.8, 4) is 0 Å². The van der Waals surface area contributed by atoms with Gasteiger partial charge >= 0.3 is 0 Å². The van der Waals surface area contributed by atoms with Gasteiger partial charge in [0.15, 0.2) is 5.78 Å². The molecule has 1 amide bonds. The van der Waals surface area contributed by atoms with E-state index in [2.05, 4.69) is 5.32 Å². The van der Waals surface area contributed by atoms with Gasteiger partial charge in [-0.25, -0.2) is 4.39 Å². The first kappa shape index (κ1) is 15.6. The van der Waals surface area contributed by atoms with Gasteiger partial charge in [0.1, 0.15) is 5.82 Å². The number of halogens is 1. The quantitative estimate of drug-likeness (QED) is 0.816. The molecule has 4 nitrogen and oxygen atoms in total. The number of likely N-dealkylation sites (N-methyl/N-ethyl adjacent to an activating group) is 1. The van der Waals surface area contributed by atoms with Gasteiger partial charge < -0.3 is 10.2 Å². The van der Waals surface area contributed by atoms with Crippen LogP contribution < -0.4 is 5.32 Å². The molecule has 2 rings (SSSR count). The van der Waals surface area contributed by atoms with Crippen LogP contribution in [0.15, 0.2) is 24.3 Å². The lowest BCUT2D eigenvalue weighted by atomic mass is 10.1. The van der Waals surface area contributed by atoms with Gasteiger partial charge in [0.25, 0.3) is 0 Å². The Labute approximate surface area is 124 Å². The number of rotatable bonds is 6. The van der Waals surface area contributed by atoms with Crippen LogP contribution in [0.2, 0.25) is 0 Å². The summed E-state index contributed by atoms with van der Waals surface area (Å²) in [6.45, 7) is 1.56. The summed E-state index contributed by atoms with van der Waals surface area (Å²) in [5.41, 5.74) is 0.456. The highest BCUT2D eigenvalue weighted by atomic mass is 19.1. The smallest absolute Gasteiger partial charge is 0.223 e. The summed E-state index contributed by atoms with van der Waals surface area (Å²) in [5.74, 6) is -0.453. The minimum Gasteiger partial charge on any atom is -0.338 e. The molecule has 1 heterocycles. The van der Waals surface area contributed by atoms with E-state index >= 15 is 0 Å². The summed E-state index contributed by atoms with van der Waals surface area (Å²) in [7, 11) is 1.87. The number of likely N-dealkylation sites (tertiary alicyclic amines) is 1. The molecule has 0 saturated carbocycles. The van der Waals surface area contributed by atoms with Crippen molar-refractivity contribution in [3.63, 3.8) is 0 Å². The second-order valence-corrected chi connectivity index (χ2v) is 5.37. The number of Topliss-reactive ketones (excluding diaryl/α,β-unsaturated/α-hetero) is 1. The van der Waals surface area contributed by atoms with Crippen molar-refractivity contribution in [2.45, 2.75) is 31.7 Å². The number of benzene rings is 1. The van der Waals surface area contributed by atoms with E-state index in [1.54, 1.807) is 0 Å². The molecule has 0 spiro atoms. The Hall–Kier alpha value is -1.75. The highest BCUT2D eigenvalue weighted by molar-refractivity contribution is 5.97. The molecule has 5 heteroatoms. The molecule has 1 aliphatic heterocycles. The third kappa shape index (κ3) is 4.11. The normalized spacial score (nSPS) is 18.0. The van der Waals surface area contributed by atoms with E-state index < -0.39 is 0 Å². The van der Waals surface area contributed by atoms with E-state index in [0.717, 1.165) is 25.9 Å². The van der Waals surface area contributed by atoms with Crippen LogP contribution in [0.25, 0.3) is 0 Å². The zero-order chi connectivity index (χ0) is 15.2. The Kier molecular flexibility index (Phi) is 5.44. The summed E-state index contributed by atoms with van der Waals surface area (Å²) in [6.07, 6.45) is 2.42. The Balaban J connectivity index is 1.86. The average molecular weight is 292 g/mol. The molecule has 0 radical (unpaired) electrons. The van der Waals surface area contributed by atoms with Crippen molar-refractivity contribution in [2.75, 3.05) is 20.1 Å². The summed E-state index contributed by atoms with van der Waals surface area (Å²) < 4.78 is 12.8. The van der Waals surface area contributed by atoms with E-state index in [9.17, 15) is 14.0 Å². The van der Waals surface area contributed by atoms with Crippen molar-refractivity contribution >= 4 is 11.7 Å². The van der Waals surface area contributed by atoms with E-state index in [4.69, 9.17) is 0 Å². The van der Waals surface area contributed by atoms with Crippen LogP contribution in [-0.2, 0) is 4.79 Å². The fraction of sp³-hybridized carbons (Fsp3) is 0.500. The van der Waals surface area contributed by atoms with Crippen LogP contribution in [0.1, 0.15) is 36.0 Å². The van der Waals surface area contributed by atoms with Gasteiger partial charge in [-0.15, -0.1) is 0 Å². The number of amides is 1. The molecule has 0 aromatic heterocycles. The maximum atomic E-state index is 12.8. The SMILES string of the molecule is CNCC1CCCN1C(=O)CCC(=O)c1ccc(F)cc1. The lowest BCUT2D eigenvalue weighted by Gasteiger charge is -2.24. The fourth-order valence-electron chi connectivity index (χ4n) is 2.76. The summed E-state index contributed by atoms with van der Waals surface area (Å²) >= 11 is 0. The molecular weight excluding hydrogens is 271 g/mol. The average Bonchev–Trinajstić information content (AvgIpc) is 2.94. The van der Waals surface area contributed by atoms with Gasteiger partial charge in [-0.1, -0.05) is 0 Å². The van der Waals surface area contributed by atoms with E-state index in [-0.39, 0.29) is 36.4 Å². The minimum atomic E-state index is -0.366. The zero-order valence-electron chi connectivity index (χ0n) is 12.3. The molecule has 114 valence electrons. The molecule has 1 aliphatic rings. The monoisotopic (exact) mass is 292 g/mol. The third-order valence-electron chi connectivity index (χ3n) is 3.87. The first-order valence-electron chi connectivity index (χ1n) is 7.34. The Bertz CT molecular complexity index is 502. The van der Waals surface area contributed by atoms with Crippen LogP contribution in [-0.4, -0.2) is 42.8 Å².